The van der Waals surface area contributed by atoms with Crippen LogP contribution >= 0.6 is 0 Å². The van der Waals surface area contributed by atoms with E-state index >= 15 is 0 Å². The van der Waals surface area contributed by atoms with Crippen LogP contribution in [0.1, 0.15) is 0 Å². The molecule has 0 atom stereocenters. The zero-order valence-electron chi connectivity index (χ0n) is 12.2. The summed E-state index contributed by atoms with van der Waals surface area (Å²) in [6.45, 7) is 0. The summed E-state index contributed by atoms with van der Waals surface area (Å²) in [7, 11) is 2.13. The van der Waals surface area contributed by atoms with Gasteiger partial charge in [0.15, 0.2) is 0 Å². The molecule has 3 aromatic carbocycles. The lowest BCUT2D eigenvalue weighted by Gasteiger charge is -2.04. The third-order valence-electron chi connectivity index (χ3n) is 4.57. The van der Waals surface area contributed by atoms with E-state index in [1.54, 1.807) is 0 Å². The monoisotopic (exact) mass is 282 g/mol. The van der Waals surface area contributed by atoms with Crippen LogP contribution in [0.25, 0.3) is 43.6 Å². The molecule has 0 aliphatic heterocycles. The van der Waals surface area contributed by atoms with Gasteiger partial charge in [0.05, 0.1) is 11.0 Å². The first kappa shape index (κ1) is 11.8. The van der Waals surface area contributed by atoms with Crippen LogP contribution in [-0.2, 0) is 7.05 Å². The maximum atomic E-state index is 4.83. The highest BCUT2D eigenvalue weighted by atomic mass is 14.9. The minimum absolute atomic E-state index is 1.05. The highest BCUT2D eigenvalue weighted by Gasteiger charge is 2.11. The molecule has 2 aromatic heterocycles. The van der Waals surface area contributed by atoms with Gasteiger partial charge < -0.3 is 4.57 Å². The van der Waals surface area contributed by atoms with Crippen molar-refractivity contribution in [1.29, 1.82) is 0 Å². The Morgan fingerprint density at radius 2 is 1.55 bits per heavy atom. The number of hydrogen-bond donors (Lipinski definition) is 0. The molecule has 0 aliphatic rings. The fourth-order valence-corrected chi connectivity index (χ4v) is 3.51. The average molecular weight is 282 g/mol. The molecular weight excluding hydrogens is 268 g/mol. The van der Waals surface area contributed by atoms with Crippen LogP contribution in [0.4, 0.5) is 0 Å². The first-order valence-electron chi connectivity index (χ1n) is 7.48. The molecule has 2 nitrogen and oxygen atoms in total. The third kappa shape index (κ3) is 1.41. The second kappa shape index (κ2) is 4.08. The topological polar surface area (TPSA) is 17.8 Å². The van der Waals surface area contributed by atoms with Crippen LogP contribution in [0.15, 0.2) is 66.7 Å². The van der Waals surface area contributed by atoms with E-state index in [9.17, 15) is 0 Å². The molecule has 0 N–H and O–H groups in total. The summed E-state index contributed by atoms with van der Waals surface area (Å²) < 4.78 is 2.26. The Kier molecular flexibility index (Phi) is 2.18. The van der Waals surface area contributed by atoms with Gasteiger partial charge in [0.2, 0.25) is 0 Å². The SMILES string of the molecule is Cn1c2ccccc2c2c3cc4ccccc4nc3ccc21. The van der Waals surface area contributed by atoms with Gasteiger partial charge in [-0.05, 0) is 30.3 Å². The molecule has 0 saturated heterocycles. The number of pyridine rings is 1. The standard InChI is InChI=1S/C20H14N2/c1-22-18-9-5-3-7-14(18)20-15-12-13-6-2-4-8-16(13)21-17(15)10-11-19(20)22/h2-12H,1H3. The molecule has 0 saturated carbocycles. The summed E-state index contributed by atoms with van der Waals surface area (Å²) in [5, 5.41) is 5.01. The third-order valence-corrected chi connectivity index (χ3v) is 4.57. The molecule has 5 aromatic rings. The van der Waals surface area contributed by atoms with E-state index in [1.807, 2.05) is 6.07 Å². The van der Waals surface area contributed by atoms with Gasteiger partial charge in [-0.3, -0.25) is 0 Å². The van der Waals surface area contributed by atoms with Crippen molar-refractivity contribution in [3.05, 3.63) is 66.7 Å². The lowest BCUT2D eigenvalue weighted by atomic mass is 10.0. The first-order chi connectivity index (χ1) is 10.8. The number of aryl methyl sites for hydroxylation is 1. The summed E-state index contributed by atoms with van der Waals surface area (Å²) in [5.74, 6) is 0. The van der Waals surface area contributed by atoms with E-state index < -0.39 is 0 Å². The van der Waals surface area contributed by atoms with Crippen LogP contribution in [0.3, 0.4) is 0 Å². The molecule has 0 radical (unpaired) electrons. The largest absolute Gasteiger partial charge is 0.344 e. The molecule has 0 amide bonds. The Morgan fingerprint density at radius 3 is 2.50 bits per heavy atom. The molecule has 2 heteroatoms. The predicted octanol–water partition coefficient (Wildman–Crippen LogP) is 5.03. The Morgan fingerprint density at radius 1 is 0.727 bits per heavy atom. The number of fused-ring (bicyclic) bond motifs is 6. The van der Waals surface area contributed by atoms with Gasteiger partial charge in [-0.25, -0.2) is 4.98 Å². The van der Waals surface area contributed by atoms with Crippen molar-refractivity contribution in [2.45, 2.75) is 0 Å². The van der Waals surface area contributed by atoms with Crippen LogP contribution in [0, 0.1) is 0 Å². The normalized spacial score (nSPS) is 11.9. The summed E-state index contributed by atoms with van der Waals surface area (Å²) in [5.41, 5.74) is 4.63. The Labute approximate surface area is 127 Å². The van der Waals surface area contributed by atoms with Gasteiger partial charge in [-0.1, -0.05) is 36.4 Å². The lowest BCUT2D eigenvalue weighted by Crippen LogP contribution is -1.87. The second-order valence-corrected chi connectivity index (χ2v) is 5.78. The second-order valence-electron chi connectivity index (χ2n) is 5.78. The number of aromatic nitrogens is 2. The molecule has 22 heavy (non-hydrogen) atoms. The Bertz CT molecular complexity index is 1180. The quantitative estimate of drug-likeness (QED) is 0.364. The number of hydrogen-bond acceptors (Lipinski definition) is 1. The lowest BCUT2D eigenvalue weighted by molar-refractivity contribution is 1.01. The van der Waals surface area contributed by atoms with Gasteiger partial charge in [-0.2, -0.15) is 0 Å². The molecule has 104 valence electrons. The van der Waals surface area contributed by atoms with Gasteiger partial charge in [0.1, 0.15) is 0 Å². The van der Waals surface area contributed by atoms with Crippen LogP contribution in [0.2, 0.25) is 0 Å². The van der Waals surface area contributed by atoms with Gasteiger partial charge in [-0.15, -0.1) is 0 Å². The average Bonchev–Trinajstić information content (AvgIpc) is 2.87. The highest BCUT2D eigenvalue weighted by molar-refractivity contribution is 6.21. The molecule has 0 bridgehead atoms. The van der Waals surface area contributed by atoms with Crippen molar-refractivity contribution in [2.75, 3.05) is 0 Å². The fraction of sp³-hybridized carbons (Fsp3) is 0.0500. The van der Waals surface area contributed by atoms with Crippen molar-refractivity contribution in [1.82, 2.24) is 9.55 Å². The first-order valence-corrected chi connectivity index (χ1v) is 7.48. The smallest absolute Gasteiger partial charge is 0.0717 e. The molecule has 0 spiro atoms. The Balaban J connectivity index is 2.11. The van der Waals surface area contributed by atoms with Crippen molar-refractivity contribution >= 4 is 43.6 Å². The molecule has 2 heterocycles. The Hall–Kier alpha value is -2.87. The van der Waals surface area contributed by atoms with Crippen LogP contribution in [0.5, 0.6) is 0 Å². The minimum atomic E-state index is 1.05. The van der Waals surface area contributed by atoms with E-state index in [0.29, 0.717) is 0 Å². The molecule has 0 fully saturated rings. The summed E-state index contributed by atoms with van der Waals surface area (Å²) in [6.07, 6.45) is 0. The number of rotatable bonds is 0. The van der Waals surface area contributed by atoms with Gasteiger partial charge in [0.25, 0.3) is 0 Å². The molecule has 0 aliphatic carbocycles. The van der Waals surface area contributed by atoms with Gasteiger partial charge in [0, 0.05) is 39.6 Å². The molecular formula is C20H14N2. The zero-order chi connectivity index (χ0) is 14.7. The maximum absolute atomic E-state index is 4.83. The number of benzene rings is 3. The number of nitrogens with zero attached hydrogens (tertiary/aromatic N) is 2. The summed E-state index contributed by atoms with van der Waals surface area (Å²) in [6, 6.07) is 23.5. The van der Waals surface area contributed by atoms with E-state index in [-0.39, 0.29) is 0 Å². The van der Waals surface area contributed by atoms with E-state index in [4.69, 9.17) is 4.98 Å². The van der Waals surface area contributed by atoms with Gasteiger partial charge >= 0.3 is 0 Å². The maximum Gasteiger partial charge on any atom is 0.0717 e. The van der Waals surface area contributed by atoms with E-state index in [0.717, 1.165) is 11.0 Å². The van der Waals surface area contributed by atoms with Crippen molar-refractivity contribution in [3.8, 4) is 0 Å². The van der Waals surface area contributed by atoms with Crippen LogP contribution < -0.4 is 0 Å². The summed E-state index contributed by atoms with van der Waals surface area (Å²) >= 11 is 0. The summed E-state index contributed by atoms with van der Waals surface area (Å²) in [4.78, 5) is 4.83. The predicted molar refractivity (Wildman–Crippen MR) is 93.2 cm³/mol. The minimum Gasteiger partial charge on any atom is -0.344 e. The van der Waals surface area contributed by atoms with Crippen molar-refractivity contribution in [3.63, 3.8) is 0 Å². The van der Waals surface area contributed by atoms with Crippen LogP contribution in [-0.4, -0.2) is 9.55 Å². The fourth-order valence-electron chi connectivity index (χ4n) is 3.51. The zero-order valence-corrected chi connectivity index (χ0v) is 12.2. The van der Waals surface area contributed by atoms with E-state index in [1.165, 1.54) is 32.6 Å². The molecule has 5 rings (SSSR count). The van der Waals surface area contributed by atoms with Crippen molar-refractivity contribution in [2.24, 2.45) is 7.05 Å². The number of para-hydroxylation sites is 2. The van der Waals surface area contributed by atoms with E-state index in [2.05, 4.69) is 72.3 Å². The highest BCUT2D eigenvalue weighted by Crippen LogP contribution is 2.34. The van der Waals surface area contributed by atoms with Crippen molar-refractivity contribution < 1.29 is 0 Å². The molecule has 0 unspecified atom stereocenters.